The van der Waals surface area contributed by atoms with Crippen molar-refractivity contribution >= 4 is 17.3 Å². The third kappa shape index (κ3) is 3.69. The van der Waals surface area contributed by atoms with Crippen molar-refractivity contribution in [1.82, 2.24) is 25.1 Å². The van der Waals surface area contributed by atoms with Gasteiger partial charge in [-0.3, -0.25) is 10.00 Å². The molecule has 0 saturated carbocycles. The van der Waals surface area contributed by atoms with Gasteiger partial charge in [0.15, 0.2) is 0 Å². The molecule has 1 unspecified atom stereocenters. The highest BCUT2D eigenvalue weighted by molar-refractivity contribution is 7.09. The molecule has 0 bridgehead atoms. The molecule has 2 aliphatic heterocycles. The molecular formula is C21H26N6S. The summed E-state index contributed by atoms with van der Waals surface area (Å²) < 4.78 is 0. The topological polar surface area (TPSA) is 60.9 Å². The normalized spacial score (nSPS) is 20.7. The van der Waals surface area contributed by atoms with Crippen molar-refractivity contribution in [2.45, 2.75) is 38.1 Å². The molecule has 146 valence electrons. The second-order valence-electron chi connectivity index (χ2n) is 7.79. The zero-order valence-electron chi connectivity index (χ0n) is 16.0. The molecule has 2 fully saturated rings. The molecule has 5 heterocycles. The molecule has 6 nitrogen and oxygen atoms in total. The molecule has 7 heteroatoms. The highest BCUT2D eigenvalue weighted by Gasteiger charge is 2.26. The molecule has 3 aromatic heterocycles. The summed E-state index contributed by atoms with van der Waals surface area (Å²) in [7, 11) is 0. The van der Waals surface area contributed by atoms with E-state index in [-0.39, 0.29) is 0 Å². The van der Waals surface area contributed by atoms with E-state index >= 15 is 0 Å². The summed E-state index contributed by atoms with van der Waals surface area (Å²) in [6.45, 7) is 5.40. The van der Waals surface area contributed by atoms with E-state index < -0.39 is 0 Å². The summed E-state index contributed by atoms with van der Waals surface area (Å²) >= 11 is 1.85. The Balaban J connectivity index is 1.36. The lowest BCUT2D eigenvalue weighted by Crippen LogP contribution is -2.34. The van der Waals surface area contributed by atoms with Gasteiger partial charge >= 0.3 is 0 Å². The third-order valence-electron chi connectivity index (χ3n) is 5.85. The lowest BCUT2D eigenvalue weighted by molar-refractivity contribution is 0.200. The average Bonchev–Trinajstić information content (AvgIpc) is 3.50. The van der Waals surface area contributed by atoms with Crippen LogP contribution in [0, 0.1) is 0 Å². The van der Waals surface area contributed by atoms with Crippen LogP contribution in [-0.2, 0) is 6.54 Å². The summed E-state index contributed by atoms with van der Waals surface area (Å²) in [5.74, 6) is 1.32. The van der Waals surface area contributed by atoms with E-state index in [0.717, 1.165) is 43.4 Å². The first-order valence-electron chi connectivity index (χ1n) is 10.2. The van der Waals surface area contributed by atoms with Crippen molar-refractivity contribution in [1.29, 1.82) is 0 Å². The Morgan fingerprint density at radius 1 is 1.14 bits per heavy atom. The van der Waals surface area contributed by atoms with Gasteiger partial charge < -0.3 is 4.90 Å². The van der Waals surface area contributed by atoms with E-state index in [1.165, 1.54) is 42.8 Å². The van der Waals surface area contributed by atoms with Crippen molar-refractivity contribution in [2.24, 2.45) is 0 Å². The van der Waals surface area contributed by atoms with Gasteiger partial charge in [-0.25, -0.2) is 9.97 Å². The molecule has 0 radical (unpaired) electrons. The smallest absolute Gasteiger partial charge is 0.225 e. The molecule has 2 aliphatic rings. The summed E-state index contributed by atoms with van der Waals surface area (Å²) in [5, 5.41) is 9.84. The van der Waals surface area contributed by atoms with Crippen LogP contribution in [0.25, 0.3) is 11.3 Å². The van der Waals surface area contributed by atoms with Crippen LogP contribution in [0.15, 0.2) is 36.0 Å². The Morgan fingerprint density at radius 3 is 2.93 bits per heavy atom. The van der Waals surface area contributed by atoms with Crippen LogP contribution >= 0.6 is 11.3 Å². The summed E-state index contributed by atoms with van der Waals surface area (Å²) in [6.07, 6.45) is 8.69. The van der Waals surface area contributed by atoms with Gasteiger partial charge in [-0.05, 0) is 49.7 Å². The van der Waals surface area contributed by atoms with E-state index in [4.69, 9.17) is 4.98 Å². The summed E-state index contributed by atoms with van der Waals surface area (Å²) in [5.41, 5.74) is 3.34. The Hall–Kier alpha value is -2.25. The fourth-order valence-corrected chi connectivity index (χ4v) is 5.18. The molecular weight excluding hydrogens is 368 g/mol. The van der Waals surface area contributed by atoms with Gasteiger partial charge in [-0.15, -0.1) is 11.3 Å². The van der Waals surface area contributed by atoms with Gasteiger partial charge in [0, 0.05) is 54.4 Å². The SMILES string of the molecule is c1csc(CN2CCCC(c3[nH]ncc3-c3ccnc(N4CCCC4)n3)C2)c1. The molecule has 28 heavy (non-hydrogen) atoms. The number of aromatic amines is 1. The first-order chi connectivity index (χ1) is 13.9. The quantitative estimate of drug-likeness (QED) is 0.711. The highest BCUT2D eigenvalue weighted by Crippen LogP contribution is 2.33. The van der Waals surface area contributed by atoms with Crippen molar-refractivity contribution < 1.29 is 0 Å². The van der Waals surface area contributed by atoms with E-state index in [9.17, 15) is 0 Å². The van der Waals surface area contributed by atoms with E-state index in [1.807, 2.05) is 29.8 Å². The minimum atomic E-state index is 0.469. The molecule has 2 saturated heterocycles. The second kappa shape index (κ2) is 8.01. The minimum absolute atomic E-state index is 0.469. The molecule has 0 spiro atoms. The molecule has 0 aromatic carbocycles. The zero-order chi connectivity index (χ0) is 18.8. The number of H-pyrrole nitrogens is 1. The fraction of sp³-hybridized carbons (Fsp3) is 0.476. The van der Waals surface area contributed by atoms with Crippen molar-refractivity contribution in [3.05, 3.63) is 46.5 Å². The molecule has 1 N–H and O–H groups in total. The second-order valence-corrected chi connectivity index (χ2v) is 8.82. The number of likely N-dealkylation sites (tertiary alicyclic amines) is 1. The summed E-state index contributed by atoms with van der Waals surface area (Å²) in [6, 6.07) is 6.39. The zero-order valence-corrected chi connectivity index (χ0v) is 16.9. The van der Waals surface area contributed by atoms with Gasteiger partial charge in [0.05, 0.1) is 11.9 Å². The van der Waals surface area contributed by atoms with Crippen molar-refractivity contribution in [2.75, 3.05) is 31.1 Å². The lowest BCUT2D eigenvalue weighted by Gasteiger charge is -2.32. The van der Waals surface area contributed by atoms with Crippen LogP contribution < -0.4 is 4.90 Å². The van der Waals surface area contributed by atoms with Crippen LogP contribution in [0.5, 0.6) is 0 Å². The number of anilines is 1. The maximum absolute atomic E-state index is 4.88. The monoisotopic (exact) mass is 394 g/mol. The molecule has 0 amide bonds. The number of nitrogens with zero attached hydrogens (tertiary/aromatic N) is 5. The van der Waals surface area contributed by atoms with Crippen LogP contribution in [0.3, 0.4) is 0 Å². The predicted molar refractivity (Wildman–Crippen MR) is 113 cm³/mol. The van der Waals surface area contributed by atoms with E-state index in [2.05, 4.69) is 42.5 Å². The standard InChI is InChI=1S/C21H26N6S/c1-2-11-27(10-1)21-22-8-7-19(24-21)18-13-23-25-20(18)16-5-3-9-26(14-16)15-17-6-4-12-28-17/h4,6-8,12-13,16H,1-3,5,9-11,14-15H2,(H,23,25). The number of hydrogen-bond donors (Lipinski definition) is 1. The molecule has 3 aromatic rings. The van der Waals surface area contributed by atoms with Gasteiger partial charge in [-0.1, -0.05) is 6.07 Å². The Morgan fingerprint density at radius 2 is 2.07 bits per heavy atom. The van der Waals surface area contributed by atoms with Gasteiger partial charge in [0.25, 0.3) is 0 Å². The van der Waals surface area contributed by atoms with E-state index in [1.54, 1.807) is 0 Å². The number of rotatable bonds is 5. The van der Waals surface area contributed by atoms with Crippen LogP contribution in [0.2, 0.25) is 0 Å². The number of thiophene rings is 1. The van der Waals surface area contributed by atoms with Crippen LogP contribution in [-0.4, -0.2) is 51.2 Å². The summed E-state index contributed by atoms with van der Waals surface area (Å²) in [4.78, 5) is 15.7. The first-order valence-corrected chi connectivity index (χ1v) is 11.1. The lowest BCUT2D eigenvalue weighted by atomic mass is 9.91. The number of piperidine rings is 1. The average molecular weight is 395 g/mol. The highest BCUT2D eigenvalue weighted by atomic mass is 32.1. The third-order valence-corrected chi connectivity index (χ3v) is 6.71. The van der Waals surface area contributed by atoms with Gasteiger partial charge in [0.1, 0.15) is 0 Å². The van der Waals surface area contributed by atoms with Crippen molar-refractivity contribution in [3.63, 3.8) is 0 Å². The van der Waals surface area contributed by atoms with Crippen molar-refractivity contribution in [3.8, 4) is 11.3 Å². The van der Waals surface area contributed by atoms with Crippen LogP contribution in [0.1, 0.15) is 42.2 Å². The molecule has 0 aliphatic carbocycles. The largest absolute Gasteiger partial charge is 0.341 e. The Kier molecular flexibility index (Phi) is 5.10. The fourth-order valence-electron chi connectivity index (χ4n) is 4.44. The maximum Gasteiger partial charge on any atom is 0.225 e. The molecule has 1 atom stereocenters. The minimum Gasteiger partial charge on any atom is -0.341 e. The Labute approximate surface area is 169 Å². The number of aromatic nitrogens is 4. The molecule has 5 rings (SSSR count). The number of hydrogen-bond acceptors (Lipinski definition) is 6. The van der Waals surface area contributed by atoms with Crippen LogP contribution in [0.4, 0.5) is 5.95 Å². The maximum atomic E-state index is 4.88. The number of nitrogens with one attached hydrogen (secondary N) is 1. The Bertz CT molecular complexity index is 899. The van der Waals surface area contributed by atoms with Gasteiger partial charge in [0.2, 0.25) is 5.95 Å². The predicted octanol–water partition coefficient (Wildman–Crippen LogP) is 3.91. The van der Waals surface area contributed by atoms with Gasteiger partial charge in [-0.2, -0.15) is 5.10 Å². The first kappa shape index (κ1) is 17.8. The van der Waals surface area contributed by atoms with E-state index in [0.29, 0.717) is 5.92 Å².